The molecule has 1 aromatic carbocycles. The summed E-state index contributed by atoms with van der Waals surface area (Å²) in [6, 6.07) is 5.79. The minimum Gasteiger partial charge on any atom is -0.497 e. The van der Waals surface area contributed by atoms with E-state index < -0.39 is 0 Å². The number of carbonyl (C=O) groups is 1. The Morgan fingerprint density at radius 3 is 2.33 bits per heavy atom. The van der Waals surface area contributed by atoms with Crippen molar-refractivity contribution < 1.29 is 19.0 Å². The number of nitrogens with zero attached hydrogens (tertiary/aromatic N) is 1. The number of carbonyl (C=O) groups excluding carboxylic acids is 1. The van der Waals surface area contributed by atoms with Crippen LogP contribution in [0.15, 0.2) is 18.2 Å². The Labute approximate surface area is 144 Å². The molecule has 1 aromatic rings. The number of rotatable bonds is 8. The second kappa shape index (κ2) is 9.49. The lowest BCUT2D eigenvalue weighted by Gasteiger charge is -2.31. The Morgan fingerprint density at radius 2 is 1.79 bits per heavy atom. The maximum Gasteiger partial charge on any atom is 0.233 e. The summed E-state index contributed by atoms with van der Waals surface area (Å²) in [4.78, 5) is 13.6. The minimum atomic E-state index is 0.0803. The van der Waals surface area contributed by atoms with E-state index in [1.54, 1.807) is 21.3 Å². The van der Waals surface area contributed by atoms with E-state index in [1.807, 2.05) is 18.2 Å². The van der Waals surface area contributed by atoms with Crippen LogP contribution in [0.3, 0.4) is 0 Å². The third-order valence-electron chi connectivity index (χ3n) is 4.39. The topological polar surface area (TPSA) is 60.0 Å². The van der Waals surface area contributed by atoms with E-state index in [-0.39, 0.29) is 5.91 Å². The van der Waals surface area contributed by atoms with Gasteiger partial charge in [0.05, 0.1) is 27.4 Å². The van der Waals surface area contributed by atoms with Gasteiger partial charge in [-0.25, -0.2) is 0 Å². The van der Waals surface area contributed by atoms with Crippen molar-refractivity contribution in [1.29, 1.82) is 0 Å². The molecule has 24 heavy (non-hydrogen) atoms. The molecule has 0 spiro atoms. The lowest BCUT2D eigenvalue weighted by atomic mass is 9.98. The van der Waals surface area contributed by atoms with Gasteiger partial charge in [-0.1, -0.05) is 0 Å². The number of methoxy groups -OCH3 is 2. The van der Waals surface area contributed by atoms with Crippen LogP contribution < -0.4 is 14.8 Å². The number of hydrogen-bond donors (Lipinski definition) is 1. The highest BCUT2D eigenvalue weighted by molar-refractivity contribution is 5.77. The van der Waals surface area contributed by atoms with Gasteiger partial charge in [-0.05, 0) is 49.5 Å². The molecule has 1 heterocycles. The molecule has 1 N–H and O–H groups in total. The SMILES string of the molecule is CNC(=O)CN1CCC(COCc2cc(OC)cc(OC)c2)CC1. The number of ether oxygens (including phenoxy) is 3. The summed E-state index contributed by atoms with van der Waals surface area (Å²) in [6.45, 7) is 3.69. The molecule has 0 bridgehead atoms. The summed E-state index contributed by atoms with van der Waals surface area (Å²) in [5, 5.41) is 2.67. The van der Waals surface area contributed by atoms with E-state index >= 15 is 0 Å². The lowest BCUT2D eigenvalue weighted by molar-refractivity contribution is -0.122. The summed E-state index contributed by atoms with van der Waals surface area (Å²) in [6.07, 6.45) is 2.14. The largest absolute Gasteiger partial charge is 0.497 e. The second-order valence-corrected chi connectivity index (χ2v) is 6.13. The number of amides is 1. The van der Waals surface area contributed by atoms with Crippen LogP contribution in [0.5, 0.6) is 11.5 Å². The number of nitrogens with one attached hydrogen (secondary N) is 1. The van der Waals surface area contributed by atoms with Crippen molar-refractivity contribution in [2.75, 3.05) is 47.5 Å². The number of piperidine rings is 1. The van der Waals surface area contributed by atoms with Gasteiger partial charge in [0.2, 0.25) is 5.91 Å². The summed E-state index contributed by atoms with van der Waals surface area (Å²) in [7, 11) is 4.97. The van der Waals surface area contributed by atoms with Crippen molar-refractivity contribution in [3.63, 3.8) is 0 Å². The summed E-state index contributed by atoms with van der Waals surface area (Å²) in [5.74, 6) is 2.18. The maximum absolute atomic E-state index is 11.4. The van der Waals surface area contributed by atoms with E-state index in [4.69, 9.17) is 14.2 Å². The Morgan fingerprint density at radius 1 is 1.17 bits per heavy atom. The van der Waals surface area contributed by atoms with Crippen molar-refractivity contribution in [2.24, 2.45) is 5.92 Å². The van der Waals surface area contributed by atoms with Gasteiger partial charge in [-0.3, -0.25) is 9.69 Å². The molecule has 6 heteroatoms. The van der Waals surface area contributed by atoms with Crippen LogP contribution in [0.2, 0.25) is 0 Å². The smallest absolute Gasteiger partial charge is 0.233 e. The molecular weight excluding hydrogens is 308 g/mol. The molecule has 1 saturated heterocycles. The second-order valence-electron chi connectivity index (χ2n) is 6.13. The molecular formula is C18H28N2O4. The van der Waals surface area contributed by atoms with Gasteiger partial charge < -0.3 is 19.5 Å². The average molecular weight is 336 g/mol. The van der Waals surface area contributed by atoms with Crippen LogP contribution in [0.25, 0.3) is 0 Å². The first-order valence-electron chi connectivity index (χ1n) is 8.37. The molecule has 0 radical (unpaired) electrons. The van der Waals surface area contributed by atoms with Crippen LogP contribution in [0.1, 0.15) is 18.4 Å². The van der Waals surface area contributed by atoms with E-state index in [9.17, 15) is 4.79 Å². The Hall–Kier alpha value is -1.79. The number of likely N-dealkylation sites (N-methyl/N-ethyl adjacent to an activating group) is 1. The van der Waals surface area contributed by atoms with Gasteiger partial charge in [0, 0.05) is 19.7 Å². The number of benzene rings is 1. The Balaban J connectivity index is 1.72. The normalized spacial score (nSPS) is 16.0. The standard InChI is InChI=1S/C18H28N2O4/c1-19-18(21)11-20-6-4-14(5-7-20)12-24-13-15-8-16(22-2)10-17(9-15)23-3/h8-10,14H,4-7,11-13H2,1-3H3,(H,19,21). The molecule has 1 aliphatic heterocycles. The fourth-order valence-electron chi connectivity index (χ4n) is 2.89. The third-order valence-corrected chi connectivity index (χ3v) is 4.39. The molecule has 134 valence electrons. The van der Waals surface area contributed by atoms with Gasteiger partial charge in [0.15, 0.2) is 0 Å². The molecule has 1 aliphatic rings. The molecule has 6 nitrogen and oxygen atoms in total. The molecule has 0 saturated carbocycles. The molecule has 0 unspecified atom stereocenters. The van der Waals surface area contributed by atoms with Crippen molar-refractivity contribution >= 4 is 5.91 Å². The molecule has 2 rings (SSSR count). The van der Waals surface area contributed by atoms with E-state index in [0.29, 0.717) is 19.1 Å². The van der Waals surface area contributed by atoms with Crippen molar-refractivity contribution in [3.05, 3.63) is 23.8 Å². The van der Waals surface area contributed by atoms with Gasteiger partial charge in [-0.2, -0.15) is 0 Å². The molecule has 0 aromatic heterocycles. The van der Waals surface area contributed by atoms with Crippen LogP contribution in [0, 0.1) is 5.92 Å². The quantitative estimate of drug-likeness (QED) is 0.783. The predicted molar refractivity (Wildman–Crippen MR) is 92.4 cm³/mol. The van der Waals surface area contributed by atoms with E-state index in [0.717, 1.165) is 49.6 Å². The van der Waals surface area contributed by atoms with Crippen LogP contribution >= 0.6 is 0 Å². The van der Waals surface area contributed by atoms with Crippen LogP contribution in [0.4, 0.5) is 0 Å². The highest BCUT2D eigenvalue weighted by Crippen LogP contribution is 2.23. The zero-order valence-corrected chi connectivity index (χ0v) is 14.8. The fraction of sp³-hybridized carbons (Fsp3) is 0.611. The summed E-state index contributed by atoms with van der Waals surface area (Å²) < 4.78 is 16.4. The van der Waals surface area contributed by atoms with E-state index in [2.05, 4.69) is 10.2 Å². The fourth-order valence-corrected chi connectivity index (χ4v) is 2.89. The van der Waals surface area contributed by atoms with Crippen LogP contribution in [-0.2, 0) is 16.1 Å². The first kappa shape index (κ1) is 18.5. The van der Waals surface area contributed by atoms with Crippen LogP contribution in [-0.4, -0.2) is 58.3 Å². The molecule has 1 amide bonds. The van der Waals surface area contributed by atoms with Gasteiger partial charge in [0.1, 0.15) is 11.5 Å². The predicted octanol–water partition coefficient (Wildman–Crippen LogP) is 1.68. The minimum absolute atomic E-state index is 0.0803. The first-order chi connectivity index (χ1) is 11.6. The monoisotopic (exact) mass is 336 g/mol. The summed E-state index contributed by atoms with van der Waals surface area (Å²) >= 11 is 0. The van der Waals surface area contributed by atoms with Crippen molar-refractivity contribution in [1.82, 2.24) is 10.2 Å². The summed E-state index contributed by atoms with van der Waals surface area (Å²) in [5.41, 5.74) is 1.04. The third kappa shape index (κ3) is 5.69. The Kier molecular flexibility index (Phi) is 7.34. The van der Waals surface area contributed by atoms with Crippen molar-refractivity contribution in [3.8, 4) is 11.5 Å². The van der Waals surface area contributed by atoms with E-state index in [1.165, 1.54) is 0 Å². The van der Waals surface area contributed by atoms with Gasteiger partial charge in [-0.15, -0.1) is 0 Å². The Bertz CT molecular complexity index is 506. The molecule has 0 atom stereocenters. The highest BCUT2D eigenvalue weighted by Gasteiger charge is 2.20. The number of hydrogen-bond acceptors (Lipinski definition) is 5. The van der Waals surface area contributed by atoms with Gasteiger partial charge >= 0.3 is 0 Å². The average Bonchev–Trinajstić information content (AvgIpc) is 2.62. The zero-order chi connectivity index (χ0) is 17.4. The van der Waals surface area contributed by atoms with Crippen molar-refractivity contribution in [2.45, 2.75) is 19.4 Å². The first-order valence-corrected chi connectivity index (χ1v) is 8.37. The van der Waals surface area contributed by atoms with Gasteiger partial charge in [0.25, 0.3) is 0 Å². The lowest BCUT2D eigenvalue weighted by Crippen LogP contribution is -2.41. The highest BCUT2D eigenvalue weighted by atomic mass is 16.5. The molecule has 1 fully saturated rings. The number of likely N-dealkylation sites (tertiary alicyclic amines) is 1. The molecule has 0 aliphatic carbocycles. The zero-order valence-electron chi connectivity index (χ0n) is 14.8. The maximum atomic E-state index is 11.4.